The van der Waals surface area contributed by atoms with Crippen LogP contribution in [0.1, 0.15) is 43.6 Å². The Hall–Kier alpha value is -0.950. The molecule has 3 aliphatic rings. The number of morpholine rings is 1. The standard InChI is InChI=1S/C20H30N2O3S/c1-21(2)13-17-14-25-20(10-6-7-11-20)15-22(17)26(23,24)19-12-18(19)16-8-4-3-5-9-16/h3-5,8-9,17-19H,6-7,10-15H2,1-2H3/t17?,18-,19+/m0/s1. The van der Waals surface area contributed by atoms with Crippen LogP contribution in [0.25, 0.3) is 0 Å². The van der Waals surface area contributed by atoms with Crippen LogP contribution < -0.4 is 0 Å². The Bertz CT molecular complexity index is 729. The van der Waals surface area contributed by atoms with Crippen molar-refractivity contribution in [3.63, 3.8) is 0 Å². The lowest BCUT2D eigenvalue weighted by Crippen LogP contribution is -2.60. The van der Waals surface area contributed by atoms with Gasteiger partial charge in [0.05, 0.1) is 23.5 Å². The predicted octanol–water partition coefficient (Wildman–Crippen LogP) is 2.45. The van der Waals surface area contributed by atoms with Crippen LogP contribution in [-0.2, 0) is 14.8 Å². The first kappa shape index (κ1) is 18.4. The fourth-order valence-corrected chi connectivity index (χ4v) is 7.05. The minimum Gasteiger partial charge on any atom is -0.372 e. The van der Waals surface area contributed by atoms with Gasteiger partial charge >= 0.3 is 0 Å². The third-order valence-electron chi connectivity index (χ3n) is 6.19. The minimum atomic E-state index is -3.32. The van der Waals surface area contributed by atoms with E-state index in [1.165, 1.54) is 0 Å². The molecule has 1 aliphatic heterocycles. The average Bonchev–Trinajstić information content (AvgIpc) is 3.32. The van der Waals surface area contributed by atoms with Crippen LogP contribution in [0.3, 0.4) is 0 Å². The first-order chi connectivity index (χ1) is 12.4. The molecule has 0 N–H and O–H groups in total. The molecule has 26 heavy (non-hydrogen) atoms. The third kappa shape index (κ3) is 3.44. The molecular weight excluding hydrogens is 348 g/mol. The van der Waals surface area contributed by atoms with Crippen molar-refractivity contribution in [2.75, 3.05) is 33.8 Å². The molecule has 3 fully saturated rings. The number of ether oxygens (including phenoxy) is 1. The summed E-state index contributed by atoms with van der Waals surface area (Å²) in [7, 11) is 0.672. The molecule has 4 rings (SSSR count). The second-order valence-electron chi connectivity index (χ2n) is 8.50. The van der Waals surface area contributed by atoms with Gasteiger partial charge in [-0.1, -0.05) is 43.2 Å². The predicted molar refractivity (Wildman–Crippen MR) is 103 cm³/mol. The Morgan fingerprint density at radius 2 is 1.88 bits per heavy atom. The van der Waals surface area contributed by atoms with Gasteiger partial charge in [-0.2, -0.15) is 4.31 Å². The van der Waals surface area contributed by atoms with E-state index in [0.29, 0.717) is 19.7 Å². The van der Waals surface area contributed by atoms with Crippen molar-refractivity contribution in [1.82, 2.24) is 9.21 Å². The summed E-state index contributed by atoms with van der Waals surface area (Å²) in [5.41, 5.74) is 0.904. The smallest absolute Gasteiger partial charge is 0.218 e. The monoisotopic (exact) mass is 378 g/mol. The van der Waals surface area contributed by atoms with Gasteiger partial charge in [0, 0.05) is 19.0 Å². The molecule has 0 bridgehead atoms. The molecule has 0 amide bonds. The largest absolute Gasteiger partial charge is 0.372 e. The Balaban J connectivity index is 1.57. The molecule has 0 radical (unpaired) electrons. The van der Waals surface area contributed by atoms with Gasteiger partial charge in [-0.3, -0.25) is 0 Å². The second kappa shape index (κ2) is 6.89. The van der Waals surface area contributed by atoms with E-state index in [2.05, 4.69) is 17.0 Å². The lowest BCUT2D eigenvalue weighted by Gasteiger charge is -2.45. The molecular formula is C20H30N2O3S. The molecule has 144 valence electrons. The summed E-state index contributed by atoms with van der Waals surface area (Å²) in [6.07, 6.45) is 5.00. The van der Waals surface area contributed by atoms with Gasteiger partial charge in [0.2, 0.25) is 10.0 Å². The molecule has 0 aromatic heterocycles. The highest BCUT2D eigenvalue weighted by Crippen LogP contribution is 2.48. The van der Waals surface area contributed by atoms with E-state index in [1.54, 1.807) is 0 Å². The van der Waals surface area contributed by atoms with Crippen molar-refractivity contribution < 1.29 is 13.2 Å². The Morgan fingerprint density at radius 1 is 1.19 bits per heavy atom. The number of hydrogen-bond acceptors (Lipinski definition) is 4. The van der Waals surface area contributed by atoms with Crippen LogP contribution in [0.5, 0.6) is 0 Å². The highest BCUT2D eigenvalue weighted by molar-refractivity contribution is 7.90. The molecule has 2 saturated carbocycles. The molecule has 3 atom stereocenters. The molecule has 6 heteroatoms. The van der Waals surface area contributed by atoms with E-state index >= 15 is 0 Å². The number of nitrogens with zero attached hydrogens (tertiary/aromatic N) is 2. The van der Waals surface area contributed by atoms with Crippen molar-refractivity contribution in [3.8, 4) is 0 Å². The highest BCUT2D eigenvalue weighted by Gasteiger charge is 2.55. The van der Waals surface area contributed by atoms with Gasteiger partial charge in [-0.25, -0.2) is 8.42 Å². The molecule has 1 spiro atoms. The van der Waals surface area contributed by atoms with Gasteiger partial charge < -0.3 is 9.64 Å². The van der Waals surface area contributed by atoms with E-state index < -0.39 is 10.0 Å². The maximum absolute atomic E-state index is 13.5. The van der Waals surface area contributed by atoms with Crippen molar-refractivity contribution in [3.05, 3.63) is 35.9 Å². The highest BCUT2D eigenvalue weighted by atomic mass is 32.2. The number of likely N-dealkylation sites (N-methyl/N-ethyl adjacent to an activating group) is 1. The number of rotatable bonds is 5. The van der Waals surface area contributed by atoms with Crippen molar-refractivity contribution in [2.24, 2.45) is 0 Å². The van der Waals surface area contributed by atoms with Crippen LogP contribution >= 0.6 is 0 Å². The lowest BCUT2D eigenvalue weighted by molar-refractivity contribution is -0.109. The first-order valence-electron chi connectivity index (χ1n) is 9.76. The summed E-state index contributed by atoms with van der Waals surface area (Å²) < 4.78 is 35.1. The van der Waals surface area contributed by atoms with Crippen molar-refractivity contribution in [1.29, 1.82) is 0 Å². The van der Waals surface area contributed by atoms with Crippen LogP contribution in [0.4, 0.5) is 0 Å². The number of benzene rings is 1. The maximum Gasteiger partial charge on any atom is 0.218 e. The molecule has 2 aliphatic carbocycles. The molecule has 1 aromatic carbocycles. The zero-order chi connectivity index (χ0) is 18.4. The van der Waals surface area contributed by atoms with Crippen LogP contribution in [0, 0.1) is 0 Å². The van der Waals surface area contributed by atoms with E-state index in [0.717, 1.165) is 37.7 Å². The summed E-state index contributed by atoms with van der Waals surface area (Å²) in [4.78, 5) is 2.06. The molecule has 1 heterocycles. The van der Waals surface area contributed by atoms with Gasteiger partial charge in [0.1, 0.15) is 0 Å². The number of sulfonamides is 1. The molecule has 5 nitrogen and oxygen atoms in total. The minimum absolute atomic E-state index is 0.0850. The fourth-order valence-electron chi connectivity index (χ4n) is 4.73. The Kier molecular flexibility index (Phi) is 4.88. The lowest BCUT2D eigenvalue weighted by atomic mass is 9.99. The van der Waals surface area contributed by atoms with Gasteiger partial charge in [0.15, 0.2) is 0 Å². The van der Waals surface area contributed by atoms with Gasteiger partial charge in [-0.05, 0) is 38.9 Å². The second-order valence-corrected chi connectivity index (χ2v) is 10.6. The zero-order valence-corrected chi connectivity index (χ0v) is 16.6. The average molecular weight is 379 g/mol. The molecule has 1 unspecified atom stereocenters. The molecule has 1 aromatic rings. The summed E-state index contributed by atoms with van der Waals surface area (Å²) in [5.74, 6) is 0.142. The Labute approximate surface area is 157 Å². The van der Waals surface area contributed by atoms with Crippen LogP contribution in [0.15, 0.2) is 30.3 Å². The summed E-state index contributed by atoms with van der Waals surface area (Å²) >= 11 is 0. The summed E-state index contributed by atoms with van der Waals surface area (Å²) in [6.45, 7) is 1.75. The summed E-state index contributed by atoms with van der Waals surface area (Å²) in [5, 5.41) is -0.272. The quantitative estimate of drug-likeness (QED) is 0.790. The topological polar surface area (TPSA) is 49.9 Å². The van der Waals surface area contributed by atoms with Gasteiger partial charge in [-0.15, -0.1) is 0 Å². The van der Waals surface area contributed by atoms with E-state index in [-0.39, 0.29) is 22.8 Å². The first-order valence-corrected chi connectivity index (χ1v) is 11.3. The van der Waals surface area contributed by atoms with Crippen LogP contribution in [-0.4, -0.2) is 68.3 Å². The maximum atomic E-state index is 13.5. The van der Waals surface area contributed by atoms with Gasteiger partial charge in [0.25, 0.3) is 0 Å². The van der Waals surface area contributed by atoms with Crippen molar-refractivity contribution >= 4 is 10.0 Å². The van der Waals surface area contributed by atoms with E-state index in [4.69, 9.17) is 4.74 Å². The summed E-state index contributed by atoms with van der Waals surface area (Å²) in [6, 6.07) is 9.99. The normalized spacial score (nSPS) is 31.6. The SMILES string of the molecule is CN(C)CC1COC2(CCCC2)CN1S(=O)(=O)[C@@H]1C[C@H]1c1ccccc1. The molecule has 1 saturated heterocycles. The zero-order valence-electron chi connectivity index (χ0n) is 15.8. The fraction of sp³-hybridized carbons (Fsp3) is 0.700. The van der Waals surface area contributed by atoms with Crippen molar-refractivity contribution in [2.45, 2.75) is 54.9 Å². The Morgan fingerprint density at radius 3 is 2.54 bits per heavy atom. The number of hydrogen-bond donors (Lipinski definition) is 0. The third-order valence-corrected chi connectivity index (χ3v) is 8.56. The van der Waals surface area contributed by atoms with Crippen LogP contribution in [0.2, 0.25) is 0 Å². The van der Waals surface area contributed by atoms with E-state index in [9.17, 15) is 8.42 Å². The van der Waals surface area contributed by atoms with E-state index in [1.807, 2.05) is 36.6 Å².